The van der Waals surface area contributed by atoms with Gasteiger partial charge in [-0.05, 0) is 37.3 Å². The number of benzene rings is 2. The molecule has 0 spiro atoms. The van der Waals surface area contributed by atoms with Crippen molar-refractivity contribution in [1.29, 1.82) is 0 Å². The first-order valence-electron chi connectivity index (χ1n) is 7.72. The molecule has 1 amide bonds. The first kappa shape index (κ1) is 17.4. The molecule has 0 N–H and O–H groups in total. The molecule has 0 unspecified atom stereocenters. The van der Waals surface area contributed by atoms with Gasteiger partial charge >= 0.3 is 5.97 Å². The molecule has 1 aliphatic heterocycles. The number of non-ortho nitro benzene ring substituents is 1. The maximum Gasteiger partial charge on any atom is 0.331 e. The maximum absolute atomic E-state index is 12.8. The van der Waals surface area contributed by atoms with Gasteiger partial charge in [0, 0.05) is 30.4 Å². The van der Waals surface area contributed by atoms with Crippen LogP contribution in [0.1, 0.15) is 12.5 Å². The van der Waals surface area contributed by atoms with E-state index in [1.165, 1.54) is 43.2 Å². The molecule has 8 nitrogen and oxygen atoms in total. The van der Waals surface area contributed by atoms with Gasteiger partial charge in [-0.1, -0.05) is 0 Å². The minimum atomic E-state index is -1.54. The van der Waals surface area contributed by atoms with Gasteiger partial charge in [-0.25, -0.2) is 0 Å². The van der Waals surface area contributed by atoms with Crippen LogP contribution in [0.3, 0.4) is 0 Å². The predicted octanol–water partition coefficient (Wildman–Crippen LogP) is 2.44. The zero-order valence-corrected chi connectivity index (χ0v) is 14.4. The van der Waals surface area contributed by atoms with Gasteiger partial charge in [-0.3, -0.25) is 19.7 Å². The summed E-state index contributed by atoms with van der Waals surface area (Å²) in [6.07, 6.45) is 0. The van der Waals surface area contributed by atoms with Crippen molar-refractivity contribution in [2.45, 2.75) is 12.3 Å². The number of ether oxygens (including phenoxy) is 2. The minimum absolute atomic E-state index is 0.119. The van der Waals surface area contributed by atoms with E-state index in [1.807, 2.05) is 0 Å². The molecule has 0 saturated heterocycles. The van der Waals surface area contributed by atoms with Crippen molar-refractivity contribution in [3.63, 3.8) is 0 Å². The third-order valence-corrected chi connectivity index (χ3v) is 4.50. The third kappa shape index (κ3) is 2.55. The number of anilines is 1. The molecule has 0 bridgehead atoms. The minimum Gasteiger partial charge on any atom is -0.497 e. The van der Waals surface area contributed by atoms with Crippen LogP contribution in [0.2, 0.25) is 0 Å². The molecule has 0 radical (unpaired) electrons. The molecule has 26 heavy (non-hydrogen) atoms. The van der Waals surface area contributed by atoms with Crippen LogP contribution >= 0.6 is 0 Å². The molecule has 1 aliphatic rings. The van der Waals surface area contributed by atoms with Crippen molar-refractivity contribution in [2.24, 2.45) is 0 Å². The lowest BCUT2D eigenvalue weighted by molar-refractivity contribution is -0.384. The summed E-state index contributed by atoms with van der Waals surface area (Å²) in [6.45, 7) is 1.49. The Morgan fingerprint density at radius 1 is 1.15 bits per heavy atom. The lowest BCUT2D eigenvalue weighted by atomic mass is 9.83. The van der Waals surface area contributed by atoms with Crippen LogP contribution in [0.25, 0.3) is 0 Å². The van der Waals surface area contributed by atoms with E-state index in [0.29, 0.717) is 17.0 Å². The highest BCUT2D eigenvalue weighted by Crippen LogP contribution is 2.43. The summed E-state index contributed by atoms with van der Waals surface area (Å²) in [7, 11) is 3.08. The smallest absolute Gasteiger partial charge is 0.331 e. The molecule has 0 fully saturated rings. The van der Waals surface area contributed by atoms with E-state index in [0.717, 1.165) is 0 Å². The van der Waals surface area contributed by atoms with Gasteiger partial charge in [0.15, 0.2) is 5.41 Å². The number of rotatable bonds is 4. The van der Waals surface area contributed by atoms with Gasteiger partial charge in [0.05, 0.1) is 12.0 Å². The van der Waals surface area contributed by atoms with Crippen molar-refractivity contribution < 1.29 is 24.0 Å². The van der Waals surface area contributed by atoms with E-state index >= 15 is 0 Å². The Hall–Kier alpha value is -3.42. The Morgan fingerprint density at radius 2 is 1.77 bits per heavy atom. The molecule has 8 heteroatoms. The van der Waals surface area contributed by atoms with Crippen LogP contribution in [0, 0.1) is 10.1 Å². The molecule has 3 rings (SSSR count). The highest BCUT2D eigenvalue weighted by molar-refractivity contribution is 6.20. The Bertz CT molecular complexity index is 908. The third-order valence-electron chi connectivity index (χ3n) is 4.50. The fraction of sp³-hybridized carbons (Fsp3) is 0.222. The van der Waals surface area contributed by atoms with Gasteiger partial charge in [0.25, 0.3) is 5.69 Å². The highest BCUT2D eigenvalue weighted by atomic mass is 16.6. The Labute approximate surface area is 149 Å². The Kier molecular flexibility index (Phi) is 4.11. The highest BCUT2D eigenvalue weighted by Gasteiger charge is 2.53. The maximum atomic E-state index is 12.8. The van der Waals surface area contributed by atoms with E-state index in [1.54, 1.807) is 25.2 Å². The predicted molar refractivity (Wildman–Crippen MR) is 92.5 cm³/mol. The number of nitrogens with zero attached hydrogens (tertiary/aromatic N) is 2. The van der Waals surface area contributed by atoms with Gasteiger partial charge in [-0.2, -0.15) is 0 Å². The van der Waals surface area contributed by atoms with E-state index in [9.17, 15) is 19.7 Å². The van der Waals surface area contributed by atoms with E-state index in [-0.39, 0.29) is 11.4 Å². The van der Waals surface area contributed by atoms with Crippen molar-refractivity contribution in [2.75, 3.05) is 19.1 Å². The molecule has 0 saturated carbocycles. The number of carbonyl (C=O) groups excluding carboxylic acids is 2. The summed E-state index contributed by atoms with van der Waals surface area (Å²) in [6, 6.07) is 10.1. The van der Waals surface area contributed by atoms with Gasteiger partial charge < -0.3 is 14.4 Å². The average molecular weight is 356 g/mol. The molecule has 0 aliphatic carbocycles. The first-order chi connectivity index (χ1) is 12.3. The summed E-state index contributed by atoms with van der Waals surface area (Å²) in [5.74, 6) is -0.558. The van der Waals surface area contributed by atoms with Gasteiger partial charge in [-0.15, -0.1) is 0 Å². The van der Waals surface area contributed by atoms with Crippen molar-refractivity contribution in [3.8, 4) is 11.5 Å². The van der Waals surface area contributed by atoms with Gasteiger partial charge in [0.1, 0.15) is 11.5 Å². The Morgan fingerprint density at radius 3 is 2.35 bits per heavy atom. The normalized spacial score (nSPS) is 18.4. The number of carbonyl (C=O) groups is 2. The van der Waals surface area contributed by atoms with E-state index < -0.39 is 22.2 Å². The number of nitro benzene ring substituents is 1. The van der Waals surface area contributed by atoms with Crippen molar-refractivity contribution in [3.05, 3.63) is 58.1 Å². The van der Waals surface area contributed by atoms with Crippen LogP contribution in [0.4, 0.5) is 11.4 Å². The zero-order chi connectivity index (χ0) is 19.1. The van der Waals surface area contributed by atoms with Gasteiger partial charge in [0.2, 0.25) is 5.91 Å². The Balaban J connectivity index is 1.96. The molecule has 0 aromatic heterocycles. The number of esters is 1. The molecule has 2 aromatic carbocycles. The number of hydrogen-bond donors (Lipinski definition) is 0. The summed E-state index contributed by atoms with van der Waals surface area (Å²) in [5, 5.41) is 10.7. The first-order valence-corrected chi connectivity index (χ1v) is 7.72. The van der Waals surface area contributed by atoms with E-state index in [4.69, 9.17) is 9.47 Å². The summed E-state index contributed by atoms with van der Waals surface area (Å²) in [4.78, 5) is 37.1. The second-order valence-corrected chi connectivity index (χ2v) is 6.01. The molecule has 2 aromatic rings. The second-order valence-electron chi connectivity index (χ2n) is 6.01. The second kappa shape index (κ2) is 6.14. The van der Waals surface area contributed by atoms with E-state index in [2.05, 4.69) is 0 Å². The lowest BCUT2D eigenvalue weighted by Crippen LogP contribution is -2.45. The number of fused-ring (bicyclic) bond motifs is 1. The number of nitro groups is 1. The summed E-state index contributed by atoms with van der Waals surface area (Å²) < 4.78 is 10.5. The van der Waals surface area contributed by atoms with Crippen LogP contribution in [-0.2, 0) is 15.0 Å². The average Bonchev–Trinajstić information content (AvgIpc) is 2.84. The van der Waals surface area contributed by atoms with Crippen LogP contribution < -0.4 is 14.4 Å². The van der Waals surface area contributed by atoms with Crippen LogP contribution in [-0.4, -0.2) is 31.0 Å². The molecule has 1 heterocycles. The van der Waals surface area contributed by atoms with Crippen LogP contribution in [0.15, 0.2) is 42.5 Å². The topological polar surface area (TPSA) is 99.0 Å². The molecule has 134 valence electrons. The standard InChI is InChI=1S/C18H16N2O6/c1-18(17(22)26-12-6-4-11(5-7-12)20(23)24)14-10-13(25-3)8-9-15(14)19(2)16(18)21/h4-10H,1-3H3/t18-/m0/s1. The molecule has 1 atom stereocenters. The summed E-state index contributed by atoms with van der Waals surface area (Å²) in [5.41, 5.74) is -0.585. The van der Waals surface area contributed by atoms with Crippen molar-refractivity contribution >= 4 is 23.3 Å². The largest absolute Gasteiger partial charge is 0.497 e. The monoisotopic (exact) mass is 356 g/mol. The van der Waals surface area contributed by atoms with Crippen LogP contribution in [0.5, 0.6) is 11.5 Å². The fourth-order valence-corrected chi connectivity index (χ4v) is 2.94. The number of methoxy groups -OCH3 is 1. The molecular formula is C18H16N2O6. The summed E-state index contributed by atoms with van der Waals surface area (Å²) >= 11 is 0. The van der Waals surface area contributed by atoms with Crippen molar-refractivity contribution in [1.82, 2.24) is 0 Å². The fourth-order valence-electron chi connectivity index (χ4n) is 2.94. The quantitative estimate of drug-likeness (QED) is 0.274. The number of amides is 1. The number of hydrogen-bond acceptors (Lipinski definition) is 6. The SMILES string of the molecule is COc1ccc2c(c1)[C@](C)(C(=O)Oc1ccc([N+](=O)[O-])cc1)C(=O)N2C. The zero-order valence-electron chi connectivity index (χ0n) is 14.4. The number of likely N-dealkylation sites (N-methyl/N-ethyl adjacent to an activating group) is 1. The lowest BCUT2D eigenvalue weighted by Gasteiger charge is -2.21. The molecular weight excluding hydrogens is 340 g/mol.